The standard InChI is InChI=1S/C22H26O5/c1-13-14(2)22(27)20(15(3)21(13)26)18-12-17(23)11-10-16(18)8-6-4-5-7-9-19(24)25/h10-12,23H,4-9H2,1-3H3,(H,24,25). The van der Waals surface area contributed by atoms with E-state index >= 15 is 0 Å². The summed E-state index contributed by atoms with van der Waals surface area (Å²) in [4.78, 5) is 35.9. The van der Waals surface area contributed by atoms with Gasteiger partial charge in [0.25, 0.3) is 0 Å². The van der Waals surface area contributed by atoms with Crippen molar-refractivity contribution < 1.29 is 24.6 Å². The van der Waals surface area contributed by atoms with Gasteiger partial charge in [0.05, 0.1) is 0 Å². The largest absolute Gasteiger partial charge is 0.508 e. The van der Waals surface area contributed by atoms with Gasteiger partial charge in [0, 0.05) is 28.7 Å². The Bertz CT molecular complexity index is 842. The second-order valence-corrected chi connectivity index (χ2v) is 7.06. The van der Waals surface area contributed by atoms with Crippen LogP contribution in [0.5, 0.6) is 5.75 Å². The van der Waals surface area contributed by atoms with Crippen molar-refractivity contribution in [3.63, 3.8) is 0 Å². The number of rotatable bonds is 8. The van der Waals surface area contributed by atoms with Gasteiger partial charge in [-0.3, -0.25) is 14.4 Å². The Kier molecular flexibility index (Phi) is 6.72. The van der Waals surface area contributed by atoms with Crippen molar-refractivity contribution >= 4 is 23.1 Å². The molecule has 0 fully saturated rings. The first-order valence-electron chi connectivity index (χ1n) is 9.25. The smallest absolute Gasteiger partial charge is 0.303 e. The van der Waals surface area contributed by atoms with E-state index in [2.05, 4.69) is 0 Å². The lowest BCUT2D eigenvalue weighted by molar-refractivity contribution is -0.137. The van der Waals surface area contributed by atoms with Crippen molar-refractivity contribution in [1.29, 1.82) is 0 Å². The van der Waals surface area contributed by atoms with Gasteiger partial charge in [0.2, 0.25) is 0 Å². The van der Waals surface area contributed by atoms with Crippen LogP contribution in [0.15, 0.2) is 34.9 Å². The molecule has 27 heavy (non-hydrogen) atoms. The number of aliphatic carboxylic acids is 1. The van der Waals surface area contributed by atoms with E-state index in [1.165, 1.54) is 0 Å². The zero-order valence-corrected chi connectivity index (χ0v) is 16.1. The van der Waals surface area contributed by atoms with Crippen molar-refractivity contribution in [2.75, 3.05) is 0 Å². The molecule has 2 rings (SSSR count). The number of aromatic hydroxyl groups is 1. The summed E-state index contributed by atoms with van der Waals surface area (Å²) in [6, 6.07) is 4.93. The number of phenolic OH excluding ortho intramolecular Hbond substituents is 1. The van der Waals surface area contributed by atoms with Crippen LogP contribution < -0.4 is 0 Å². The van der Waals surface area contributed by atoms with Crippen molar-refractivity contribution in [1.82, 2.24) is 0 Å². The molecule has 0 bridgehead atoms. The summed E-state index contributed by atoms with van der Waals surface area (Å²) in [6.45, 7) is 4.98. The highest BCUT2D eigenvalue weighted by Gasteiger charge is 2.30. The van der Waals surface area contributed by atoms with Gasteiger partial charge in [-0.05, 0) is 63.3 Å². The van der Waals surface area contributed by atoms with E-state index in [9.17, 15) is 19.5 Å². The van der Waals surface area contributed by atoms with Crippen molar-refractivity contribution in [3.05, 3.63) is 46.0 Å². The number of hydrogen-bond donors (Lipinski definition) is 2. The summed E-state index contributed by atoms with van der Waals surface area (Å²) in [6.07, 6.45) is 4.09. The van der Waals surface area contributed by atoms with E-state index in [1.54, 1.807) is 39.0 Å². The second-order valence-electron chi connectivity index (χ2n) is 7.06. The molecule has 0 aliphatic heterocycles. The fraction of sp³-hybridized carbons (Fsp3) is 0.409. The number of hydrogen-bond acceptors (Lipinski definition) is 4. The molecule has 1 aromatic rings. The van der Waals surface area contributed by atoms with E-state index in [0.717, 1.165) is 24.8 Å². The minimum Gasteiger partial charge on any atom is -0.508 e. The molecular formula is C22H26O5. The molecule has 0 spiro atoms. The molecule has 5 heteroatoms. The second kappa shape index (κ2) is 8.80. The molecule has 0 radical (unpaired) electrons. The number of ketones is 2. The van der Waals surface area contributed by atoms with Gasteiger partial charge in [-0.25, -0.2) is 0 Å². The topological polar surface area (TPSA) is 91.7 Å². The molecule has 0 unspecified atom stereocenters. The van der Waals surface area contributed by atoms with E-state index in [-0.39, 0.29) is 23.7 Å². The third-order valence-corrected chi connectivity index (χ3v) is 5.14. The normalized spacial score (nSPS) is 14.9. The summed E-state index contributed by atoms with van der Waals surface area (Å²) in [7, 11) is 0. The third kappa shape index (κ3) is 4.73. The molecular weight excluding hydrogens is 344 g/mol. The van der Waals surface area contributed by atoms with Crippen LogP contribution in [0.1, 0.15) is 64.0 Å². The zero-order chi connectivity index (χ0) is 20.1. The fourth-order valence-corrected chi connectivity index (χ4v) is 3.38. The Hall–Kier alpha value is -2.69. The molecule has 2 N–H and O–H groups in total. The van der Waals surface area contributed by atoms with Crippen molar-refractivity contribution in [2.24, 2.45) is 0 Å². The van der Waals surface area contributed by atoms with Crippen LogP contribution in [0.4, 0.5) is 0 Å². The number of carbonyl (C=O) groups is 3. The highest BCUT2D eigenvalue weighted by atomic mass is 16.4. The van der Waals surface area contributed by atoms with Crippen LogP contribution in [-0.4, -0.2) is 27.7 Å². The van der Waals surface area contributed by atoms with Crippen molar-refractivity contribution in [2.45, 2.75) is 59.3 Å². The molecule has 144 valence electrons. The number of phenols is 1. The molecule has 1 aliphatic rings. The summed E-state index contributed by atoms with van der Waals surface area (Å²) in [5.74, 6) is -1.03. The van der Waals surface area contributed by atoms with E-state index in [0.29, 0.717) is 40.7 Å². The summed E-state index contributed by atoms with van der Waals surface area (Å²) >= 11 is 0. The van der Waals surface area contributed by atoms with Crippen LogP contribution in [0, 0.1) is 0 Å². The Morgan fingerprint density at radius 1 is 0.889 bits per heavy atom. The van der Waals surface area contributed by atoms with Crippen LogP contribution in [0.2, 0.25) is 0 Å². The Morgan fingerprint density at radius 3 is 2.19 bits per heavy atom. The maximum absolute atomic E-state index is 12.8. The molecule has 0 saturated heterocycles. The number of allylic oxidation sites excluding steroid dienone is 4. The highest BCUT2D eigenvalue weighted by molar-refractivity contribution is 6.39. The molecule has 1 aliphatic carbocycles. The van der Waals surface area contributed by atoms with Gasteiger partial charge >= 0.3 is 5.97 Å². The average Bonchev–Trinajstić information content (AvgIpc) is 2.62. The number of carbonyl (C=O) groups excluding carboxylic acids is 2. The van der Waals surface area contributed by atoms with E-state index in [1.807, 2.05) is 0 Å². The molecule has 0 aromatic heterocycles. The minimum atomic E-state index is -0.780. The fourth-order valence-electron chi connectivity index (χ4n) is 3.38. The van der Waals surface area contributed by atoms with Gasteiger partial charge in [0.15, 0.2) is 11.6 Å². The summed E-state index contributed by atoms with van der Waals surface area (Å²) in [5.41, 5.74) is 3.23. The maximum Gasteiger partial charge on any atom is 0.303 e. The predicted molar refractivity (Wildman–Crippen MR) is 104 cm³/mol. The number of Topliss-reactive ketones (excluding diaryl/α,β-unsaturated/α-hetero) is 2. The number of carboxylic acid groups (broad SMARTS) is 1. The van der Waals surface area contributed by atoms with Gasteiger partial charge < -0.3 is 10.2 Å². The van der Waals surface area contributed by atoms with Crippen LogP contribution >= 0.6 is 0 Å². The lowest BCUT2D eigenvalue weighted by Gasteiger charge is -2.21. The van der Waals surface area contributed by atoms with Gasteiger partial charge in [-0.2, -0.15) is 0 Å². The molecule has 0 amide bonds. The first-order valence-corrected chi connectivity index (χ1v) is 9.25. The number of aryl methyl sites for hydroxylation is 1. The van der Waals surface area contributed by atoms with Crippen LogP contribution in [0.25, 0.3) is 5.57 Å². The molecule has 0 heterocycles. The molecule has 0 saturated carbocycles. The van der Waals surface area contributed by atoms with Gasteiger partial charge in [-0.1, -0.05) is 18.9 Å². The summed E-state index contributed by atoms with van der Waals surface area (Å²) in [5, 5.41) is 18.6. The lowest BCUT2D eigenvalue weighted by atomic mass is 9.81. The Morgan fingerprint density at radius 2 is 1.52 bits per heavy atom. The molecule has 1 aromatic carbocycles. The third-order valence-electron chi connectivity index (χ3n) is 5.14. The summed E-state index contributed by atoms with van der Waals surface area (Å²) < 4.78 is 0. The number of benzene rings is 1. The predicted octanol–water partition coefficient (Wildman–Crippen LogP) is 4.23. The number of unbranched alkanes of at least 4 members (excludes halogenated alkanes) is 3. The average molecular weight is 370 g/mol. The molecule has 5 nitrogen and oxygen atoms in total. The number of carboxylic acids is 1. The first-order chi connectivity index (χ1) is 12.7. The van der Waals surface area contributed by atoms with E-state index in [4.69, 9.17) is 5.11 Å². The minimum absolute atomic E-state index is 0.0553. The van der Waals surface area contributed by atoms with Crippen molar-refractivity contribution in [3.8, 4) is 5.75 Å². The van der Waals surface area contributed by atoms with Crippen LogP contribution in [-0.2, 0) is 20.8 Å². The highest BCUT2D eigenvalue weighted by Crippen LogP contribution is 2.34. The lowest BCUT2D eigenvalue weighted by Crippen LogP contribution is -2.20. The van der Waals surface area contributed by atoms with Gasteiger partial charge in [-0.15, -0.1) is 0 Å². The molecule has 0 atom stereocenters. The monoisotopic (exact) mass is 370 g/mol. The zero-order valence-electron chi connectivity index (χ0n) is 16.1. The Labute approximate surface area is 159 Å². The maximum atomic E-state index is 12.8. The SMILES string of the molecule is CC1=C(C)C(=O)C(c2cc(O)ccc2CCCCCCC(=O)O)=C(C)C1=O. The Balaban J connectivity index is 2.22. The van der Waals surface area contributed by atoms with E-state index < -0.39 is 5.97 Å². The first kappa shape index (κ1) is 20.6. The van der Waals surface area contributed by atoms with Crippen LogP contribution in [0.3, 0.4) is 0 Å². The quantitative estimate of drug-likeness (QED) is 0.528. The van der Waals surface area contributed by atoms with Gasteiger partial charge in [0.1, 0.15) is 5.75 Å².